The highest BCUT2D eigenvalue weighted by molar-refractivity contribution is 5.84. The first-order chi connectivity index (χ1) is 8.74. The summed E-state index contributed by atoms with van der Waals surface area (Å²) in [4.78, 5) is 0. The fourth-order valence-corrected chi connectivity index (χ4v) is 3.15. The third-order valence-electron chi connectivity index (χ3n) is 4.15. The van der Waals surface area contributed by atoms with E-state index in [0.717, 1.165) is 0 Å². The molecular formula is C16H22N2. The number of hydrogen-bond acceptors (Lipinski definition) is 1. The second kappa shape index (κ2) is 4.77. The summed E-state index contributed by atoms with van der Waals surface area (Å²) in [5.41, 5.74) is 4.19. The molecule has 2 heterocycles. The van der Waals surface area contributed by atoms with Gasteiger partial charge in [-0.2, -0.15) is 0 Å². The van der Waals surface area contributed by atoms with Crippen LogP contribution in [0.2, 0.25) is 0 Å². The highest BCUT2D eigenvalue weighted by atomic mass is 14.9. The summed E-state index contributed by atoms with van der Waals surface area (Å²) < 4.78 is 2.22. The van der Waals surface area contributed by atoms with Gasteiger partial charge in [0.05, 0.1) is 0 Å². The van der Waals surface area contributed by atoms with E-state index in [2.05, 4.69) is 48.3 Å². The first-order valence-electron chi connectivity index (χ1n) is 7.02. The number of nitrogens with one attached hydrogen (secondary N) is 1. The van der Waals surface area contributed by atoms with Gasteiger partial charge in [0, 0.05) is 30.2 Å². The van der Waals surface area contributed by atoms with Crippen LogP contribution >= 0.6 is 0 Å². The third-order valence-corrected chi connectivity index (χ3v) is 4.15. The summed E-state index contributed by atoms with van der Waals surface area (Å²) in [5, 5.41) is 5.04. The maximum Gasteiger partial charge on any atom is 0.0480 e. The van der Waals surface area contributed by atoms with Gasteiger partial charge in [0.1, 0.15) is 0 Å². The molecule has 1 aliphatic heterocycles. The molecule has 0 aliphatic carbocycles. The van der Waals surface area contributed by atoms with Gasteiger partial charge in [0.25, 0.3) is 0 Å². The quantitative estimate of drug-likeness (QED) is 0.856. The van der Waals surface area contributed by atoms with Crippen LogP contribution in [0.3, 0.4) is 0 Å². The van der Waals surface area contributed by atoms with Crippen molar-refractivity contribution in [2.24, 2.45) is 7.05 Å². The van der Waals surface area contributed by atoms with Gasteiger partial charge in [-0.15, -0.1) is 0 Å². The van der Waals surface area contributed by atoms with E-state index in [4.69, 9.17) is 0 Å². The van der Waals surface area contributed by atoms with Gasteiger partial charge in [-0.1, -0.05) is 12.5 Å². The van der Waals surface area contributed by atoms with E-state index in [1.165, 1.54) is 54.3 Å². The second-order valence-electron chi connectivity index (χ2n) is 5.63. The monoisotopic (exact) mass is 242 g/mol. The van der Waals surface area contributed by atoms with Crippen LogP contribution in [0.5, 0.6) is 0 Å². The molecule has 1 saturated heterocycles. The third kappa shape index (κ3) is 2.17. The van der Waals surface area contributed by atoms with Crippen LogP contribution in [0, 0.1) is 6.92 Å². The number of hydrogen-bond donors (Lipinski definition) is 1. The second-order valence-corrected chi connectivity index (χ2v) is 5.63. The number of nitrogens with zero attached hydrogens (tertiary/aromatic N) is 1. The number of aromatic nitrogens is 1. The van der Waals surface area contributed by atoms with Gasteiger partial charge < -0.3 is 9.88 Å². The van der Waals surface area contributed by atoms with E-state index in [1.54, 1.807) is 0 Å². The van der Waals surface area contributed by atoms with Crippen molar-refractivity contribution < 1.29 is 0 Å². The molecule has 0 radical (unpaired) electrons. The first kappa shape index (κ1) is 11.8. The average Bonchev–Trinajstić information content (AvgIpc) is 2.66. The van der Waals surface area contributed by atoms with Gasteiger partial charge in [-0.25, -0.2) is 0 Å². The molecule has 2 aromatic rings. The zero-order valence-electron chi connectivity index (χ0n) is 11.4. The summed E-state index contributed by atoms with van der Waals surface area (Å²) in [6, 6.07) is 7.61. The predicted octanol–water partition coefficient (Wildman–Crippen LogP) is 3.17. The molecule has 1 atom stereocenters. The zero-order valence-corrected chi connectivity index (χ0v) is 11.4. The number of aryl methyl sites for hydroxylation is 2. The van der Waals surface area contributed by atoms with Crippen LogP contribution in [0.4, 0.5) is 0 Å². The highest BCUT2D eigenvalue weighted by Crippen LogP contribution is 2.22. The molecule has 2 nitrogen and oxygen atoms in total. The molecule has 2 heteroatoms. The topological polar surface area (TPSA) is 17.0 Å². The van der Waals surface area contributed by atoms with Crippen molar-refractivity contribution in [3.05, 3.63) is 35.5 Å². The Morgan fingerprint density at radius 1 is 1.33 bits per heavy atom. The minimum atomic E-state index is 0.681. The van der Waals surface area contributed by atoms with Gasteiger partial charge in [-0.05, 0) is 56.0 Å². The van der Waals surface area contributed by atoms with Crippen LogP contribution in [-0.4, -0.2) is 17.2 Å². The zero-order chi connectivity index (χ0) is 12.5. The largest absolute Gasteiger partial charge is 0.350 e. The maximum atomic E-state index is 3.63. The van der Waals surface area contributed by atoms with E-state index in [1.807, 2.05) is 0 Å². The minimum Gasteiger partial charge on any atom is -0.350 e. The van der Waals surface area contributed by atoms with E-state index >= 15 is 0 Å². The van der Waals surface area contributed by atoms with Crippen molar-refractivity contribution in [2.45, 2.75) is 38.6 Å². The molecule has 1 aromatic heterocycles. The summed E-state index contributed by atoms with van der Waals surface area (Å²) in [6.45, 7) is 3.39. The van der Waals surface area contributed by atoms with Crippen LogP contribution in [0.1, 0.15) is 30.4 Å². The molecular weight excluding hydrogens is 220 g/mol. The van der Waals surface area contributed by atoms with E-state index < -0.39 is 0 Å². The molecule has 0 bridgehead atoms. The predicted molar refractivity (Wildman–Crippen MR) is 77.0 cm³/mol. The van der Waals surface area contributed by atoms with Crippen LogP contribution in [0.15, 0.2) is 24.4 Å². The Labute approximate surface area is 109 Å². The lowest BCUT2D eigenvalue weighted by molar-refractivity contribution is 0.399. The van der Waals surface area contributed by atoms with Crippen LogP contribution in [-0.2, 0) is 13.5 Å². The Morgan fingerprint density at radius 3 is 3.00 bits per heavy atom. The Bertz CT molecular complexity index is 547. The number of fused-ring (bicyclic) bond motifs is 1. The van der Waals surface area contributed by atoms with Gasteiger partial charge in [0.15, 0.2) is 0 Å². The molecule has 1 aromatic carbocycles. The highest BCUT2D eigenvalue weighted by Gasteiger charge is 2.13. The summed E-state index contributed by atoms with van der Waals surface area (Å²) in [7, 11) is 2.12. The molecule has 1 N–H and O–H groups in total. The molecule has 1 fully saturated rings. The first-order valence-corrected chi connectivity index (χ1v) is 7.02. The average molecular weight is 242 g/mol. The molecule has 3 rings (SSSR count). The molecule has 18 heavy (non-hydrogen) atoms. The molecule has 0 spiro atoms. The lowest BCUT2D eigenvalue weighted by Crippen LogP contribution is -2.35. The molecule has 0 saturated carbocycles. The lowest BCUT2D eigenvalue weighted by Gasteiger charge is -2.23. The summed E-state index contributed by atoms with van der Waals surface area (Å²) in [5.74, 6) is 0. The standard InChI is InChI=1S/C16H22N2/c1-12-11-18(2)16-7-6-13(10-15(12)16)9-14-5-3-4-8-17-14/h6-7,10-11,14,17H,3-5,8-9H2,1-2H3. The molecule has 1 aliphatic rings. The van der Waals surface area contributed by atoms with E-state index in [9.17, 15) is 0 Å². The van der Waals surface area contributed by atoms with Crippen molar-refractivity contribution in [2.75, 3.05) is 6.54 Å². The van der Waals surface area contributed by atoms with Crippen molar-refractivity contribution in [3.63, 3.8) is 0 Å². The summed E-state index contributed by atoms with van der Waals surface area (Å²) >= 11 is 0. The van der Waals surface area contributed by atoms with Crippen molar-refractivity contribution in [3.8, 4) is 0 Å². The minimum absolute atomic E-state index is 0.681. The van der Waals surface area contributed by atoms with Crippen molar-refractivity contribution >= 4 is 10.9 Å². The van der Waals surface area contributed by atoms with Crippen molar-refractivity contribution in [1.29, 1.82) is 0 Å². The fraction of sp³-hybridized carbons (Fsp3) is 0.500. The smallest absolute Gasteiger partial charge is 0.0480 e. The maximum absolute atomic E-state index is 3.63. The number of piperidine rings is 1. The molecule has 1 unspecified atom stereocenters. The Hall–Kier alpha value is -1.28. The number of benzene rings is 1. The lowest BCUT2D eigenvalue weighted by atomic mass is 9.97. The van der Waals surface area contributed by atoms with Crippen LogP contribution in [0.25, 0.3) is 10.9 Å². The normalized spacial score (nSPS) is 20.4. The Kier molecular flexibility index (Phi) is 3.13. The summed E-state index contributed by atoms with van der Waals surface area (Å²) in [6.07, 6.45) is 7.43. The van der Waals surface area contributed by atoms with Gasteiger partial charge in [-0.3, -0.25) is 0 Å². The van der Waals surface area contributed by atoms with Gasteiger partial charge in [0.2, 0.25) is 0 Å². The Morgan fingerprint density at radius 2 is 2.22 bits per heavy atom. The van der Waals surface area contributed by atoms with Crippen molar-refractivity contribution in [1.82, 2.24) is 9.88 Å². The van der Waals surface area contributed by atoms with Crippen LogP contribution < -0.4 is 5.32 Å². The molecule has 0 amide bonds. The molecule has 96 valence electrons. The van der Waals surface area contributed by atoms with E-state index in [-0.39, 0.29) is 0 Å². The van der Waals surface area contributed by atoms with E-state index in [0.29, 0.717) is 6.04 Å². The SMILES string of the molecule is Cc1cn(C)c2ccc(CC3CCCCN3)cc12. The Balaban J connectivity index is 1.86. The van der Waals surface area contributed by atoms with Gasteiger partial charge >= 0.3 is 0 Å². The fourth-order valence-electron chi connectivity index (χ4n) is 3.15. The number of rotatable bonds is 2.